The van der Waals surface area contributed by atoms with Gasteiger partial charge >= 0.3 is 0 Å². The van der Waals surface area contributed by atoms with Gasteiger partial charge in [0.25, 0.3) is 0 Å². The fourth-order valence-electron chi connectivity index (χ4n) is 1.40. The van der Waals surface area contributed by atoms with Crippen molar-refractivity contribution in [2.75, 3.05) is 5.75 Å². The van der Waals surface area contributed by atoms with Crippen LogP contribution in [0, 0.1) is 0 Å². The van der Waals surface area contributed by atoms with E-state index in [0.717, 1.165) is 4.88 Å². The Morgan fingerprint density at radius 1 is 1.30 bits per heavy atom. The molecule has 0 unspecified atom stereocenters. The standard InChI is InChI=1S/C13H13N3O2S2/c1-9(17)16-7-10-3-4-12(20-10)11(18)8-19-13-14-5-2-6-15-13/h2-6H,7-8H2,1H3,(H,16,17). The molecule has 1 amide bonds. The number of thiophene rings is 1. The number of nitrogens with one attached hydrogen (secondary N) is 1. The van der Waals surface area contributed by atoms with Crippen molar-refractivity contribution in [1.82, 2.24) is 15.3 Å². The Morgan fingerprint density at radius 2 is 2.05 bits per heavy atom. The van der Waals surface area contributed by atoms with E-state index in [0.29, 0.717) is 22.3 Å². The van der Waals surface area contributed by atoms with Crippen LogP contribution in [-0.4, -0.2) is 27.4 Å². The molecule has 2 aromatic heterocycles. The van der Waals surface area contributed by atoms with Crippen LogP contribution in [0.5, 0.6) is 0 Å². The minimum absolute atomic E-state index is 0.0431. The molecule has 0 aliphatic carbocycles. The zero-order valence-corrected chi connectivity index (χ0v) is 12.5. The normalized spacial score (nSPS) is 10.2. The number of ketones is 1. The largest absolute Gasteiger partial charge is 0.351 e. The second kappa shape index (κ2) is 7.16. The summed E-state index contributed by atoms with van der Waals surface area (Å²) >= 11 is 2.72. The van der Waals surface area contributed by atoms with Gasteiger partial charge in [-0.25, -0.2) is 9.97 Å². The Kier molecular flexibility index (Phi) is 5.25. The van der Waals surface area contributed by atoms with Crippen LogP contribution in [0.15, 0.2) is 35.7 Å². The van der Waals surface area contributed by atoms with Gasteiger partial charge in [0.05, 0.1) is 17.2 Å². The van der Waals surface area contributed by atoms with Crippen molar-refractivity contribution in [2.24, 2.45) is 0 Å². The summed E-state index contributed by atoms with van der Waals surface area (Å²) in [5.41, 5.74) is 0. The van der Waals surface area contributed by atoms with E-state index in [-0.39, 0.29) is 11.7 Å². The highest BCUT2D eigenvalue weighted by Gasteiger charge is 2.11. The van der Waals surface area contributed by atoms with E-state index >= 15 is 0 Å². The van der Waals surface area contributed by atoms with Gasteiger partial charge < -0.3 is 5.32 Å². The molecule has 104 valence electrons. The summed E-state index contributed by atoms with van der Waals surface area (Å²) in [5, 5.41) is 3.30. The van der Waals surface area contributed by atoms with Gasteiger partial charge in [0, 0.05) is 24.2 Å². The minimum atomic E-state index is -0.0805. The highest BCUT2D eigenvalue weighted by Crippen LogP contribution is 2.20. The fraction of sp³-hybridized carbons (Fsp3) is 0.231. The predicted octanol–water partition coefficient (Wildman–Crippen LogP) is 2.15. The van der Waals surface area contributed by atoms with Gasteiger partial charge in [0.15, 0.2) is 10.9 Å². The van der Waals surface area contributed by atoms with Crippen molar-refractivity contribution in [3.05, 3.63) is 40.3 Å². The SMILES string of the molecule is CC(=O)NCc1ccc(C(=O)CSc2ncccn2)s1. The second-order valence-corrected chi connectivity index (χ2v) is 6.03. The van der Waals surface area contributed by atoms with E-state index in [9.17, 15) is 9.59 Å². The van der Waals surface area contributed by atoms with Crippen LogP contribution in [0.3, 0.4) is 0 Å². The number of amides is 1. The Labute approximate surface area is 124 Å². The summed E-state index contributed by atoms with van der Waals surface area (Å²) < 4.78 is 0. The molecule has 0 radical (unpaired) electrons. The zero-order chi connectivity index (χ0) is 14.4. The molecule has 0 bridgehead atoms. The number of Topliss-reactive ketones (excluding diaryl/α,β-unsaturated/α-hetero) is 1. The second-order valence-electron chi connectivity index (χ2n) is 3.92. The first-order chi connectivity index (χ1) is 9.65. The summed E-state index contributed by atoms with van der Waals surface area (Å²) in [6, 6.07) is 5.38. The van der Waals surface area contributed by atoms with Crippen LogP contribution in [0.2, 0.25) is 0 Å². The third kappa shape index (κ3) is 4.43. The summed E-state index contributed by atoms with van der Waals surface area (Å²) in [6.07, 6.45) is 3.30. The molecule has 0 saturated heterocycles. The molecule has 0 fully saturated rings. The number of carbonyl (C=O) groups is 2. The lowest BCUT2D eigenvalue weighted by Gasteiger charge is -1.98. The Bertz CT molecular complexity index is 599. The zero-order valence-electron chi connectivity index (χ0n) is 10.8. The van der Waals surface area contributed by atoms with Gasteiger partial charge in [-0.15, -0.1) is 11.3 Å². The molecule has 0 saturated carbocycles. The van der Waals surface area contributed by atoms with Crippen LogP contribution >= 0.6 is 23.1 Å². The lowest BCUT2D eigenvalue weighted by atomic mass is 10.3. The number of nitrogens with zero attached hydrogens (tertiary/aromatic N) is 2. The summed E-state index contributed by atoms with van der Waals surface area (Å²) in [4.78, 5) is 32.6. The monoisotopic (exact) mass is 307 g/mol. The van der Waals surface area contributed by atoms with Crippen LogP contribution in [0.1, 0.15) is 21.5 Å². The van der Waals surface area contributed by atoms with Gasteiger partial charge in [-0.3, -0.25) is 9.59 Å². The molecule has 5 nitrogen and oxygen atoms in total. The Balaban J connectivity index is 1.88. The van der Waals surface area contributed by atoms with Gasteiger partial charge in [0.1, 0.15) is 0 Å². The first kappa shape index (κ1) is 14.7. The van der Waals surface area contributed by atoms with Crippen molar-refractivity contribution in [3.63, 3.8) is 0 Å². The minimum Gasteiger partial charge on any atom is -0.351 e. The number of aromatic nitrogens is 2. The smallest absolute Gasteiger partial charge is 0.217 e. The first-order valence-corrected chi connectivity index (χ1v) is 7.71. The molecular weight excluding hydrogens is 294 g/mol. The summed E-state index contributed by atoms with van der Waals surface area (Å²) in [6.45, 7) is 1.93. The summed E-state index contributed by atoms with van der Waals surface area (Å²) in [5.74, 6) is 0.272. The predicted molar refractivity (Wildman–Crippen MR) is 78.9 cm³/mol. The highest BCUT2D eigenvalue weighted by molar-refractivity contribution is 7.99. The van der Waals surface area contributed by atoms with E-state index in [4.69, 9.17) is 0 Å². The molecule has 0 aromatic carbocycles. The molecule has 1 N–H and O–H groups in total. The van der Waals surface area contributed by atoms with Gasteiger partial charge in [-0.1, -0.05) is 11.8 Å². The van der Waals surface area contributed by atoms with E-state index in [2.05, 4.69) is 15.3 Å². The quantitative estimate of drug-likeness (QED) is 0.503. The van der Waals surface area contributed by atoms with Crippen LogP contribution in [0.25, 0.3) is 0 Å². The van der Waals surface area contributed by atoms with Crippen LogP contribution in [-0.2, 0) is 11.3 Å². The lowest BCUT2D eigenvalue weighted by molar-refractivity contribution is -0.119. The Morgan fingerprint density at radius 3 is 2.75 bits per heavy atom. The van der Waals surface area contributed by atoms with Crippen molar-refractivity contribution in [3.8, 4) is 0 Å². The molecule has 2 rings (SSSR count). The lowest BCUT2D eigenvalue weighted by Crippen LogP contribution is -2.18. The molecule has 0 aliphatic rings. The van der Waals surface area contributed by atoms with E-state index in [1.165, 1.54) is 30.0 Å². The fourth-order valence-corrected chi connectivity index (χ4v) is 3.06. The molecular formula is C13H13N3O2S2. The van der Waals surface area contributed by atoms with Gasteiger partial charge in [-0.2, -0.15) is 0 Å². The maximum Gasteiger partial charge on any atom is 0.217 e. The Hall–Kier alpha value is -1.73. The molecule has 20 heavy (non-hydrogen) atoms. The average molecular weight is 307 g/mol. The molecule has 0 aliphatic heterocycles. The third-order valence-electron chi connectivity index (χ3n) is 2.32. The van der Waals surface area contributed by atoms with Crippen LogP contribution in [0.4, 0.5) is 0 Å². The maximum absolute atomic E-state index is 12.0. The molecule has 2 aromatic rings. The molecule has 7 heteroatoms. The number of hydrogen-bond donors (Lipinski definition) is 1. The van der Waals surface area contributed by atoms with Gasteiger partial charge in [-0.05, 0) is 18.2 Å². The van der Waals surface area contributed by atoms with Crippen molar-refractivity contribution in [1.29, 1.82) is 0 Å². The molecule has 0 atom stereocenters. The van der Waals surface area contributed by atoms with E-state index in [1.54, 1.807) is 24.5 Å². The topological polar surface area (TPSA) is 72.0 Å². The number of thioether (sulfide) groups is 1. The van der Waals surface area contributed by atoms with E-state index < -0.39 is 0 Å². The molecule has 0 spiro atoms. The van der Waals surface area contributed by atoms with Crippen molar-refractivity contribution in [2.45, 2.75) is 18.6 Å². The van der Waals surface area contributed by atoms with Gasteiger partial charge in [0.2, 0.25) is 5.91 Å². The van der Waals surface area contributed by atoms with E-state index in [1.807, 2.05) is 6.07 Å². The number of carbonyl (C=O) groups excluding carboxylic acids is 2. The molecule has 2 heterocycles. The first-order valence-electron chi connectivity index (χ1n) is 5.91. The van der Waals surface area contributed by atoms with Crippen molar-refractivity contribution >= 4 is 34.8 Å². The maximum atomic E-state index is 12.0. The van der Waals surface area contributed by atoms with Crippen molar-refractivity contribution < 1.29 is 9.59 Å². The number of hydrogen-bond acceptors (Lipinski definition) is 6. The average Bonchev–Trinajstić information content (AvgIpc) is 2.92. The van der Waals surface area contributed by atoms with Crippen LogP contribution < -0.4 is 5.32 Å². The third-order valence-corrected chi connectivity index (χ3v) is 4.32. The summed E-state index contributed by atoms with van der Waals surface area (Å²) in [7, 11) is 0. The highest BCUT2D eigenvalue weighted by atomic mass is 32.2. The number of rotatable bonds is 6.